The van der Waals surface area contributed by atoms with Crippen LogP contribution in [-0.2, 0) is 4.79 Å². The number of carbonyl (C=O) groups excluding carboxylic acids is 2. The Morgan fingerprint density at radius 1 is 1.17 bits per heavy atom. The van der Waals surface area contributed by atoms with E-state index in [-0.39, 0.29) is 17.9 Å². The summed E-state index contributed by atoms with van der Waals surface area (Å²) in [5, 5.41) is 1.90. The molecular weight excluding hydrogens is 324 g/mol. The van der Waals surface area contributed by atoms with Crippen LogP contribution in [0.5, 0.6) is 5.75 Å². The standard InChI is InChI=1S/C18H20N2O3S/c1-13(21)20-10-9-19(18(22)17-4-3-11-24-17)12-16(20)14-5-7-15(23-2)8-6-14/h3-8,11,16H,9-10,12H2,1-2H3/t16-/m1/s1. The summed E-state index contributed by atoms with van der Waals surface area (Å²) in [6.45, 7) is 3.18. The highest BCUT2D eigenvalue weighted by Crippen LogP contribution is 2.28. The molecule has 0 bridgehead atoms. The molecule has 1 atom stereocenters. The molecule has 2 aromatic rings. The number of ether oxygens (including phenoxy) is 1. The van der Waals surface area contributed by atoms with E-state index in [1.165, 1.54) is 11.3 Å². The highest BCUT2D eigenvalue weighted by Gasteiger charge is 2.32. The molecule has 1 fully saturated rings. The Labute approximate surface area is 145 Å². The van der Waals surface area contributed by atoms with Crippen LogP contribution in [0.2, 0.25) is 0 Å². The van der Waals surface area contributed by atoms with Crippen LogP contribution >= 0.6 is 11.3 Å². The third-order valence-electron chi connectivity index (χ3n) is 4.30. The van der Waals surface area contributed by atoms with Gasteiger partial charge < -0.3 is 14.5 Å². The van der Waals surface area contributed by atoms with Gasteiger partial charge in [0.25, 0.3) is 5.91 Å². The van der Waals surface area contributed by atoms with Gasteiger partial charge in [0.2, 0.25) is 5.91 Å². The maximum atomic E-state index is 12.6. The van der Waals surface area contributed by atoms with Crippen LogP contribution in [0.15, 0.2) is 41.8 Å². The van der Waals surface area contributed by atoms with Gasteiger partial charge in [-0.05, 0) is 29.1 Å². The van der Waals surface area contributed by atoms with Crippen molar-refractivity contribution in [1.82, 2.24) is 9.80 Å². The molecule has 0 saturated carbocycles. The van der Waals surface area contributed by atoms with Gasteiger partial charge in [0.1, 0.15) is 5.75 Å². The first-order chi connectivity index (χ1) is 11.6. The quantitative estimate of drug-likeness (QED) is 0.860. The van der Waals surface area contributed by atoms with Crippen molar-refractivity contribution >= 4 is 23.2 Å². The maximum absolute atomic E-state index is 12.6. The average Bonchev–Trinajstić information content (AvgIpc) is 3.15. The molecule has 1 aromatic carbocycles. The molecule has 5 nitrogen and oxygen atoms in total. The molecule has 1 saturated heterocycles. The third kappa shape index (κ3) is 3.28. The Morgan fingerprint density at radius 3 is 2.50 bits per heavy atom. The van der Waals surface area contributed by atoms with Crippen molar-refractivity contribution in [1.29, 1.82) is 0 Å². The zero-order valence-electron chi connectivity index (χ0n) is 13.8. The molecule has 0 spiro atoms. The van der Waals surface area contributed by atoms with Crippen LogP contribution in [0.4, 0.5) is 0 Å². The predicted molar refractivity (Wildman–Crippen MR) is 93.3 cm³/mol. The number of piperazine rings is 1. The van der Waals surface area contributed by atoms with Crippen molar-refractivity contribution in [2.45, 2.75) is 13.0 Å². The van der Waals surface area contributed by atoms with E-state index in [4.69, 9.17) is 4.74 Å². The second-order valence-electron chi connectivity index (χ2n) is 5.73. The van der Waals surface area contributed by atoms with Crippen molar-refractivity contribution < 1.29 is 14.3 Å². The Hall–Kier alpha value is -2.34. The summed E-state index contributed by atoms with van der Waals surface area (Å²) >= 11 is 1.45. The van der Waals surface area contributed by atoms with Gasteiger partial charge in [-0.25, -0.2) is 0 Å². The smallest absolute Gasteiger partial charge is 0.264 e. The van der Waals surface area contributed by atoms with E-state index >= 15 is 0 Å². The minimum absolute atomic E-state index is 0.0269. The topological polar surface area (TPSA) is 49.9 Å². The molecule has 2 amide bonds. The molecule has 0 aliphatic carbocycles. The van der Waals surface area contributed by atoms with Gasteiger partial charge in [0, 0.05) is 26.6 Å². The largest absolute Gasteiger partial charge is 0.497 e. The molecule has 126 valence electrons. The van der Waals surface area contributed by atoms with Gasteiger partial charge >= 0.3 is 0 Å². The number of rotatable bonds is 3. The number of amides is 2. The van der Waals surface area contributed by atoms with E-state index in [0.717, 1.165) is 16.2 Å². The van der Waals surface area contributed by atoms with E-state index in [2.05, 4.69) is 0 Å². The monoisotopic (exact) mass is 344 g/mol. The summed E-state index contributed by atoms with van der Waals surface area (Å²) in [5.74, 6) is 0.834. The number of nitrogens with zero attached hydrogens (tertiary/aromatic N) is 2. The normalized spacial score (nSPS) is 17.7. The van der Waals surface area contributed by atoms with Crippen molar-refractivity contribution in [2.75, 3.05) is 26.7 Å². The summed E-state index contributed by atoms with van der Waals surface area (Å²) < 4.78 is 5.20. The summed E-state index contributed by atoms with van der Waals surface area (Å²) in [4.78, 5) is 29.0. The molecule has 1 aromatic heterocycles. The number of methoxy groups -OCH3 is 1. The van der Waals surface area contributed by atoms with Crippen LogP contribution in [0, 0.1) is 0 Å². The number of thiophene rings is 1. The average molecular weight is 344 g/mol. The second-order valence-corrected chi connectivity index (χ2v) is 6.68. The first-order valence-electron chi connectivity index (χ1n) is 7.84. The van der Waals surface area contributed by atoms with Gasteiger partial charge in [-0.15, -0.1) is 11.3 Å². The predicted octanol–water partition coefficient (Wildman–Crippen LogP) is 2.80. The van der Waals surface area contributed by atoms with Crippen molar-refractivity contribution in [3.63, 3.8) is 0 Å². The third-order valence-corrected chi connectivity index (χ3v) is 5.16. The van der Waals surface area contributed by atoms with Gasteiger partial charge in [0.15, 0.2) is 0 Å². The molecular formula is C18H20N2O3S. The highest BCUT2D eigenvalue weighted by molar-refractivity contribution is 7.12. The first kappa shape index (κ1) is 16.5. The summed E-state index contributed by atoms with van der Waals surface area (Å²) in [5.41, 5.74) is 1.01. The molecule has 0 radical (unpaired) electrons. The Balaban J connectivity index is 1.84. The van der Waals surface area contributed by atoms with Crippen LogP contribution in [0.3, 0.4) is 0 Å². The SMILES string of the molecule is COc1ccc([C@H]2CN(C(=O)c3cccs3)CCN2C(C)=O)cc1. The first-order valence-corrected chi connectivity index (χ1v) is 8.72. The lowest BCUT2D eigenvalue weighted by Crippen LogP contribution is -2.51. The number of carbonyl (C=O) groups is 2. The minimum Gasteiger partial charge on any atom is -0.497 e. The molecule has 1 aliphatic heterocycles. The number of benzene rings is 1. The zero-order chi connectivity index (χ0) is 17.1. The lowest BCUT2D eigenvalue weighted by atomic mass is 10.0. The van der Waals surface area contributed by atoms with Gasteiger partial charge in [-0.3, -0.25) is 9.59 Å². The van der Waals surface area contributed by atoms with Crippen molar-refractivity contribution in [2.24, 2.45) is 0 Å². The van der Waals surface area contributed by atoms with E-state index in [0.29, 0.717) is 19.6 Å². The van der Waals surface area contributed by atoms with Crippen LogP contribution in [0.25, 0.3) is 0 Å². The highest BCUT2D eigenvalue weighted by atomic mass is 32.1. The molecule has 0 N–H and O–H groups in total. The second kappa shape index (κ2) is 7.05. The Bertz CT molecular complexity index is 712. The lowest BCUT2D eigenvalue weighted by molar-refractivity contribution is -0.133. The fourth-order valence-corrected chi connectivity index (χ4v) is 3.70. The van der Waals surface area contributed by atoms with Crippen molar-refractivity contribution in [3.05, 3.63) is 52.2 Å². The summed E-state index contributed by atoms with van der Waals surface area (Å²) in [7, 11) is 1.62. The molecule has 3 rings (SSSR count). The Kier molecular flexibility index (Phi) is 4.85. The fraction of sp³-hybridized carbons (Fsp3) is 0.333. The lowest BCUT2D eigenvalue weighted by Gasteiger charge is -2.41. The minimum atomic E-state index is -0.133. The fourth-order valence-electron chi connectivity index (χ4n) is 3.01. The van der Waals surface area contributed by atoms with E-state index in [1.54, 1.807) is 14.0 Å². The van der Waals surface area contributed by atoms with Gasteiger partial charge in [-0.2, -0.15) is 0 Å². The van der Waals surface area contributed by atoms with Gasteiger partial charge in [-0.1, -0.05) is 18.2 Å². The number of hydrogen-bond donors (Lipinski definition) is 0. The number of hydrogen-bond acceptors (Lipinski definition) is 4. The maximum Gasteiger partial charge on any atom is 0.264 e. The molecule has 24 heavy (non-hydrogen) atoms. The van der Waals surface area contributed by atoms with E-state index in [1.807, 2.05) is 51.6 Å². The molecule has 0 unspecified atom stereocenters. The van der Waals surface area contributed by atoms with Crippen molar-refractivity contribution in [3.8, 4) is 5.75 Å². The summed E-state index contributed by atoms with van der Waals surface area (Å²) in [6.07, 6.45) is 0. The molecule has 2 heterocycles. The van der Waals surface area contributed by atoms with Crippen LogP contribution < -0.4 is 4.74 Å². The molecule has 6 heteroatoms. The summed E-state index contributed by atoms with van der Waals surface area (Å²) in [6, 6.07) is 11.3. The van der Waals surface area contributed by atoms with E-state index in [9.17, 15) is 9.59 Å². The van der Waals surface area contributed by atoms with Crippen LogP contribution in [-0.4, -0.2) is 48.4 Å². The molecule has 1 aliphatic rings. The van der Waals surface area contributed by atoms with E-state index < -0.39 is 0 Å². The van der Waals surface area contributed by atoms with Gasteiger partial charge in [0.05, 0.1) is 18.0 Å². The zero-order valence-corrected chi connectivity index (χ0v) is 14.6. The Morgan fingerprint density at radius 2 is 1.92 bits per heavy atom. The van der Waals surface area contributed by atoms with Crippen LogP contribution in [0.1, 0.15) is 28.2 Å².